The molecular formula is C10H13N3O3. The number of carbonyl (C=O) groups excluding carboxylic acids is 1. The van der Waals surface area contributed by atoms with E-state index in [4.69, 9.17) is 5.26 Å². The van der Waals surface area contributed by atoms with E-state index < -0.39 is 22.4 Å². The molecule has 1 amide bonds. The smallest absolute Gasteiger partial charge is 0.231 e. The first-order valence-corrected chi connectivity index (χ1v) is 5.45. The maximum atomic E-state index is 11.7. The van der Waals surface area contributed by atoms with E-state index in [2.05, 4.69) is 11.4 Å². The molecule has 0 aromatic carbocycles. The third-order valence-corrected chi connectivity index (χ3v) is 3.40. The van der Waals surface area contributed by atoms with Gasteiger partial charge in [-0.2, -0.15) is 5.26 Å². The molecule has 0 spiro atoms. The van der Waals surface area contributed by atoms with Crippen molar-refractivity contribution in [1.29, 1.82) is 5.26 Å². The van der Waals surface area contributed by atoms with E-state index in [0.717, 1.165) is 12.8 Å². The molecule has 2 atom stereocenters. The van der Waals surface area contributed by atoms with E-state index in [0.29, 0.717) is 19.3 Å². The van der Waals surface area contributed by atoms with Crippen LogP contribution < -0.4 is 5.32 Å². The summed E-state index contributed by atoms with van der Waals surface area (Å²) in [6.07, 6.45) is 3.48. The van der Waals surface area contributed by atoms with Gasteiger partial charge in [0.1, 0.15) is 11.5 Å². The Bertz CT molecular complexity index is 368. The average molecular weight is 223 g/mol. The quantitative estimate of drug-likeness (QED) is 0.559. The van der Waals surface area contributed by atoms with Crippen molar-refractivity contribution in [2.45, 2.75) is 43.7 Å². The van der Waals surface area contributed by atoms with Crippen LogP contribution in [0.5, 0.6) is 0 Å². The van der Waals surface area contributed by atoms with Gasteiger partial charge in [0.05, 0.1) is 6.07 Å². The lowest BCUT2D eigenvalue weighted by molar-refractivity contribution is -0.497. The largest absolute Gasteiger partial charge is 0.337 e. The molecule has 0 aliphatic heterocycles. The summed E-state index contributed by atoms with van der Waals surface area (Å²) in [5, 5.41) is 22.2. The fourth-order valence-corrected chi connectivity index (χ4v) is 2.27. The van der Waals surface area contributed by atoms with Crippen LogP contribution in [-0.2, 0) is 4.79 Å². The predicted octanol–water partition coefficient (Wildman–Crippen LogP) is 0.604. The summed E-state index contributed by atoms with van der Waals surface area (Å²) >= 11 is 0. The second-order valence-electron chi connectivity index (χ2n) is 4.59. The van der Waals surface area contributed by atoms with Crippen molar-refractivity contribution >= 4 is 5.91 Å². The average Bonchev–Trinajstić information content (AvgIpc) is 2.94. The Morgan fingerprint density at radius 2 is 2.12 bits per heavy atom. The Morgan fingerprint density at radius 1 is 1.50 bits per heavy atom. The summed E-state index contributed by atoms with van der Waals surface area (Å²) < 4.78 is 0. The molecule has 2 aliphatic rings. The Hall–Kier alpha value is -1.64. The molecule has 2 rings (SSSR count). The van der Waals surface area contributed by atoms with Gasteiger partial charge in [0, 0.05) is 11.3 Å². The fourth-order valence-electron chi connectivity index (χ4n) is 2.27. The maximum absolute atomic E-state index is 11.7. The molecule has 0 aromatic heterocycles. The van der Waals surface area contributed by atoms with E-state index in [1.807, 2.05) is 0 Å². The van der Waals surface area contributed by atoms with E-state index in [9.17, 15) is 14.9 Å². The van der Waals surface area contributed by atoms with Gasteiger partial charge in [0.15, 0.2) is 0 Å². The van der Waals surface area contributed by atoms with Crippen molar-refractivity contribution in [3.05, 3.63) is 10.1 Å². The third-order valence-electron chi connectivity index (χ3n) is 3.40. The lowest BCUT2D eigenvalue weighted by Crippen LogP contribution is -2.46. The van der Waals surface area contributed by atoms with Crippen molar-refractivity contribution in [3.8, 4) is 6.07 Å². The number of rotatable bonds is 3. The minimum atomic E-state index is -0.763. The van der Waals surface area contributed by atoms with Crippen LogP contribution in [-0.4, -0.2) is 22.4 Å². The van der Waals surface area contributed by atoms with Crippen LogP contribution in [0.2, 0.25) is 0 Å². The molecule has 0 radical (unpaired) electrons. The van der Waals surface area contributed by atoms with Crippen molar-refractivity contribution in [3.63, 3.8) is 0 Å². The highest BCUT2D eigenvalue weighted by Crippen LogP contribution is 2.35. The second kappa shape index (κ2) is 3.74. The molecule has 1 N–H and O–H groups in total. The summed E-state index contributed by atoms with van der Waals surface area (Å²) in [7, 11) is 0. The van der Waals surface area contributed by atoms with Gasteiger partial charge in [-0.1, -0.05) is 0 Å². The number of nitrogens with zero attached hydrogens (tertiary/aromatic N) is 2. The molecule has 0 bridgehead atoms. The van der Waals surface area contributed by atoms with Gasteiger partial charge in [-0.3, -0.25) is 14.9 Å². The zero-order valence-electron chi connectivity index (χ0n) is 8.81. The van der Waals surface area contributed by atoms with Gasteiger partial charge in [-0.05, 0) is 25.7 Å². The Labute approximate surface area is 92.8 Å². The summed E-state index contributed by atoms with van der Waals surface area (Å²) in [6, 6.07) is 1.39. The third kappa shape index (κ3) is 1.85. The second-order valence-corrected chi connectivity index (χ2v) is 4.59. The Balaban J connectivity index is 1.93. The minimum absolute atomic E-state index is 0.306. The van der Waals surface area contributed by atoms with Crippen molar-refractivity contribution in [1.82, 2.24) is 5.32 Å². The molecule has 0 aromatic rings. The monoisotopic (exact) mass is 223 g/mol. The van der Waals surface area contributed by atoms with E-state index in [1.54, 1.807) is 0 Å². The van der Waals surface area contributed by atoms with E-state index >= 15 is 0 Å². The lowest BCUT2D eigenvalue weighted by Gasteiger charge is -2.21. The zero-order chi connectivity index (χ0) is 11.8. The van der Waals surface area contributed by atoms with Crippen LogP contribution >= 0.6 is 0 Å². The highest BCUT2D eigenvalue weighted by atomic mass is 16.6. The van der Waals surface area contributed by atoms with Gasteiger partial charge >= 0.3 is 0 Å². The summed E-state index contributed by atoms with van der Waals surface area (Å²) in [6.45, 7) is 0. The molecule has 16 heavy (non-hydrogen) atoms. The molecule has 6 heteroatoms. The van der Waals surface area contributed by atoms with Gasteiger partial charge < -0.3 is 5.32 Å². The van der Waals surface area contributed by atoms with Crippen molar-refractivity contribution < 1.29 is 9.72 Å². The Morgan fingerprint density at radius 3 is 2.56 bits per heavy atom. The van der Waals surface area contributed by atoms with Crippen LogP contribution in [0.1, 0.15) is 32.1 Å². The number of nitrogens with one attached hydrogen (secondary N) is 1. The van der Waals surface area contributed by atoms with Crippen LogP contribution in [0.15, 0.2) is 0 Å². The Kier molecular flexibility index (Phi) is 2.54. The van der Waals surface area contributed by atoms with Gasteiger partial charge in [-0.15, -0.1) is 0 Å². The molecular weight excluding hydrogens is 210 g/mol. The number of nitriles is 1. The molecule has 86 valence electrons. The molecule has 0 saturated heterocycles. The predicted molar refractivity (Wildman–Crippen MR) is 53.8 cm³/mol. The molecule has 0 unspecified atom stereocenters. The highest BCUT2D eigenvalue weighted by molar-refractivity contribution is 5.83. The molecule has 2 aliphatic carbocycles. The molecule has 6 nitrogen and oxygen atoms in total. The van der Waals surface area contributed by atoms with Crippen LogP contribution in [0, 0.1) is 27.4 Å². The summed E-state index contributed by atoms with van der Waals surface area (Å²) in [5.41, 5.74) is -0.763. The molecule has 2 fully saturated rings. The molecule has 2 saturated carbocycles. The van der Waals surface area contributed by atoms with Crippen molar-refractivity contribution in [2.24, 2.45) is 5.92 Å². The zero-order valence-corrected chi connectivity index (χ0v) is 8.81. The van der Waals surface area contributed by atoms with E-state index in [1.165, 1.54) is 0 Å². The lowest BCUT2D eigenvalue weighted by atomic mass is 9.99. The molecule has 0 heterocycles. The summed E-state index contributed by atoms with van der Waals surface area (Å²) in [4.78, 5) is 21.7. The van der Waals surface area contributed by atoms with Gasteiger partial charge in [-0.25, -0.2) is 0 Å². The number of amides is 1. The van der Waals surface area contributed by atoms with Gasteiger partial charge in [0.2, 0.25) is 11.9 Å². The minimum Gasteiger partial charge on any atom is -0.337 e. The first-order valence-electron chi connectivity index (χ1n) is 5.45. The topological polar surface area (TPSA) is 96.0 Å². The first kappa shape index (κ1) is 10.9. The SMILES string of the molecule is N#CC1(NC(=O)[C@H]2C[C@H]2[N+](=O)[O-])CCCC1. The van der Waals surface area contributed by atoms with Crippen LogP contribution in [0.25, 0.3) is 0 Å². The number of carbonyl (C=O) groups is 1. The van der Waals surface area contributed by atoms with Crippen LogP contribution in [0.4, 0.5) is 0 Å². The van der Waals surface area contributed by atoms with Crippen molar-refractivity contribution in [2.75, 3.05) is 0 Å². The highest BCUT2D eigenvalue weighted by Gasteiger charge is 2.54. The first-order chi connectivity index (χ1) is 7.58. The number of hydrogen-bond donors (Lipinski definition) is 1. The maximum Gasteiger partial charge on any atom is 0.231 e. The van der Waals surface area contributed by atoms with E-state index in [-0.39, 0.29) is 5.91 Å². The summed E-state index contributed by atoms with van der Waals surface area (Å²) in [5.74, 6) is -0.856. The number of hydrogen-bond acceptors (Lipinski definition) is 4. The van der Waals surface area contributed by atoms with Gasteiger partial charge in [0.25, 0.3) is 0 Å². The standard InChI is InChI=1S/C10H13N3O3/c11-6-10(3-1-2-4-10)12-9(14)7-5-8(7)13(15)16/h7-8H,1-5H2,(H,12,14)/t7-,8+/m0/s1. The van der Waals surface area contributed by atoms with Crippen LogP contribution in [0.3, 0.4) is 0 Å². The normalized spacial score (nSPS) is 30.4. The number of nitro groups is 1. The fraction of sp³-hybridized carbons (Fsp3) is 0.800.